The Morgan fingerprint density at radius 1 is 1.38 bits per heavy atom. The van der Waals surface area contributed by atoms with E-state index >= 15 is 0 Å². The fourth-order valence-corrected chi connectivity index (χ4v) is 2.84. The number of likely N-dealkylation sites (N-methyl/N-ethyl adjacent to an activating group) is 1. The average Bonchev–Trinajstić information content (AvgIpc) is 2.74. The molecule has 24 heavy (non-hydrogen) atoms. The summed E-state index contributed by atoms with van der Waals surface area (Å²) in [5.41, 5.74) is 0.482. The van der Waals surface area contributed by atoms with Crippen molar-refractivity contribution in [1.29, 1.82) is 0 Å². The molecule has 0 atom stereocenters. The summed E-state index contributed by atoms with van der Waals surface area (Å²) in [6.45, 7) is 0.771. The molecule has 8 heteroatoms. The van der Waals surface area contributed by atoms with Crippen molar-refractivity contribution < 1.29 is 18.8 Å². The van der Waals surface area contributed by atoms with Gasteiger partial charge in [-0.3, -0.25) is 19.3 Å². The summed E-state index contributed by atoms with van der Waals surface area (Å²) in [5.74, 6) is -1.37. The van der Waals surface area contributed by atoms with Crippen molar-refractivity contribution >= 4 is 34.9 Å². The molecule has 0 radical (unpaired) electrons. The zero-order valence-corrected chi connectivity index (χ0v) is 14.2. The molecular formula is C16H18FN3O3S. The Balaban J connectivity index is 2.00. The van der Waals surface area contributed by atoms with Gasteiger partial charge in [0.25, 0.3) is 11.1 Å². The van der Waals surface area contributed by atoms with Crippen LogP contribution in [0.25, 0.3) is 6.08 Å². The minimum Gasteiger partial charge on any atom is -0.353 e. The summed E-state index contributed by atoms with van der Waals surface area (Å²) in [7, 11) is 3.75. The average molecular weight is 351 g/mol. The van der Waals surface area contributed by atoms with Gasteiger partial charge in [-0.15, -0.1) is 0 Å². The van der Waals surface area contributed by atoms with Crippen molar-refractivity contribution in [2.24, 2.45) is 0 Å². The molecule has 1 N–H and O–H groups in total. The monoisotopic (exact) mass is 351 g/mol. The van der Waals surface area contributed by atoms with Crippen LogP contribution in [0, 0.1) is 5.82 Å². The van der Waals surface area contributed by atoms with Gasteiger partial charge >= 0.3 is 0 Å². The van der Waals surface area contributed by atoms with Gasteiger partial charge in [0.2, 0.25) is 5.91 Å². The number of imide groups is 1. The molecule has 1 aliphatic rings. The number of carbonyl (C=O) groups is 3. The van der Waals surface area contributed by atoms with Crippen LogP contribution in [-0.4, -0.2) is 60.6 Å². The summed E-state index contributed by atoms with van der Waals surface area (Å²) in [5, 5.41) is 2.14. The van der Waals surface area contributed by atoms with Crippen LogP contribution < -0.4 is 5.32 Å². The molecule has 128 valence electrons. The molecule has 0 unspecified atom stereocenters. The number of rotatable bonds is 6. The maximum Gasteiger partial charge on any atom is 0.294 e. The number of carbonyl (C=O) groups excluding carboxylic acids is 3. The molecule has 0 saturated carbocycles. The first kappa shape index (κ1) is 18.2. The van der Waals surface area contributed by atoms with Crippen molar-refractivity contribution in [2.75, 3.05) is 33.7 Å². The second kappa shape index (κ2) is 8.07. The van der Waals surface area contributed by atoms with Gasteiger partial charge in [0.15, 0.2) is 0 Å². The molecule has 1 aromatic carbocycles. The van der Waals surface area contributed by atoms with Gasteiger partial charge in [0.05, 0.1) is 4.91 Å². The largest absolute Gasteiger partial charge is 0.353 e. The number of amides is 3. The van der Waals surface area contributed by atoms with E-state index < -0.39 is 22.9 Å². The topological polar surface area (TPSA) is 69.7 Å². The van der Waals surface area contributed by atoms with Crippen LogP contribution in [0.5, 0.6) is 0 Å². The van der Waals surface area contributed by atoms with Crippen LogP contribution in [0.1, 0.15) is 5.56 Å². The summed E-state index contributed by atoms with van der Waals surface area (Å²) >= 11 is 0.741. The van der Waals surface area contributed by atoms with E-state index in [4.69, 9.17) is 0 Å². The first-order chi connectivity index (χ1) is 11.4. The maximum atomic E-state index is 13.2. The molecule has 1 aliphatic heterocycles. The van der Waals surface area contributed by atoms with E-state index in [2.05, 4.69) is 5.32 Å². The Kier molecular flexibility index (Phi) is 6.10. The number of benzene rings is 1. The van der Waals surface area contributed by atoms with Gasteiger partial charge in [-0.05, 0) is 49.6 Å². The first-order valence-corrected chi connectivity index (χ1v) is 8.11. The van der Waals surface area contributed by atoms with Crippen LogP contribution in [0.4, 0.5) is 9.18 Å². The highest BCUT2D eigenvalue weighted by molar-refractivity contribution is 8.18. The summed E-state index contributed by atoms with van der Waals surface area (Å²) < 4.78 is 13.2. The summed E-state index contributed by atoms with van der Waals surface area (Å²) in [4.78, 5) is 39.0. The lowest BCUT2D eigenvalue weighted by Gasteiger charge is -2.14. The number of halogens is 1. The third-order valence-corrected chi connectivity index (χ3v) is 4.11. The molecule has 1 heterocycles. The molecular weight excluding hydrogens is 333 g/mol. The van der Waals surface area contributed by atoms with Crippen LogP contribution in [0.2, 0.25) is 0 Å². The number of thioether (sulfide) groups is 1. The first-order valence-electron chi connectivity index (χ1n) is 7.29. The smallest absolute Gasteiger partial charge is 0.294 e. The van der Waals surface area contributed by atoms with Crippen LogP contribution in [0.15, 0.2) is 29.2 Å². The number of hydrogen-bond donors (Lipinski definition) is 1. The van der Waals surface area contributed by atoms with Gasteiger partial charge in [-0.25, -0.2) is 4.39 Å². The highest BCUT2D eigenvalue weighted by atomic mass is 32.2. The number of hydrogen-bond acceptors (Lipinski definition) is 5. The number of nitrogens with one attached hydrogen (secondary N) is 1. The van der Waals surface area contributed by atoms with E-state index in [1.165, 1.54) is 24.3 Å². The standard InChI is InChI=1S/C16H18FN3O3S/c1-19(2)7-6-18-14(21)10-20-15(22)13(24-16(20)23)9-11-4-3-5-12(17)8-11/h3-5,8-9H,6-7,10H2,1-2H3,(H,18,21)/b13-9+. The predicted octanol–water partition coefficient (Wildman–Crippen LogP) is 1.54. The van der Waals surface area contributed by atoms with E-state index in [9.17, 15) is 18.8 Å². The molecule has 1 saturated heterocycles. The molecule has 0 aliphatic carbocycles. The molecule has 3 amide bonds. The van der Waals surface area contributed by atoms with Crippen molar-refractivity contribution in [3.05, 3.63) is 40.6 Å². The zero-order valence-electron chi connectivity index (χ0n) is 13.4. The van der Waals surface area contributed by atoms with Crippen molar-refractivity contribution in [2.45, 2.75) is 0 Å². The third kappa shape index (κ3) is 4.90. The predicted molar refractivity (Wildman–Crippen MR) is 90.6 cm³/mol. The van der Waals surface area contributed by atoms with Crippen LogP contribution in [-0.2, 0) is 9.59 Å². The fraction of sp³-hybridized carbons (Fsp3) is 0.312. The third-order valence-electron chi connectivity index (χ3n) is 3.20. The fourth-order valence-electron chi connectivity index (χ4n) is 2.00. The molecule has 1 fully saturated rings. The lowest BCUT2D eigenvalue weighted by atomic mass is 10.2. The van der Waals surface area contributed by atoms with Gasteiger partial charge in [-0.2, -0.15) is 0 Å². The zero-order chi connectivity index (χ0) is 17.7. The molecule has 6 nitrogen and oxygen atoms in total. The second-order valence-corrected chi connectivity index (χ2v) is 6.47. The van der Waals surface area contributed by atoms with Crippen molar-refractivity contribution in [3.8, 4) is 0 Å². The Bertz CT molecular complexity index is 691. The van der Waals surface area contributed by atoms with Crippen molar-refractivity contribution in [3.63, 3.8) is 0 Å². The van der Waals surface area contributed by atoms with E-state index in [0.29, 0.717) is 18.7 Å². The van der Waals surface area contributed by atoms with Gasteiger partial charge in [0, 0.05) is 13.1 Å². The van der Waals surface area contributed by atoms with Crippen molar-refractivity contribution in [1.82, 2.24) is 15.1 Å². The Morgan fingerprint density at radius 2 is 2.12 bits per heavy atom. The van der Waals surface area contributed by atoms with Gasteiger partial charge in [-0.1, -0.05) is 12.1 Å². The molecule has 0 bridgehead atoms. The highest BCUT2D eigenvalue weighted by Gasteiger charge is 2.36. The second-order valence-electron chi connectivity index (χ2n) is 5.48. The lowest BCUT2D eigenvalue weighted by molar-refractivity contribution is -0.129. The normalized spacial score (nSPS) is 16.3. The minimum atomic E-state index is -0.544. The molecule has 0 aromatic heterocycles. The van der Waals surface area contributed by atoms with E-state index in [1.807, 2.05) is 19.0 Å². The summed E-state index contributed by atoms with van der Waals surface area (Å²) in [6.07, 6.45) is 1.44. The quantitative estimate of drug-likeness (QED) is 0.788. The maximum absolute atomic E-state index is 13.2. The Hall–Kier alpha value is -2.19. The molecule has 2 rings (SSSR count). The van der Waals surface area contributed by atoms with E-state index in [1.54, 1.807) is 6.07 Å². The highest BCUT2D eigenvalue weighted by Crippen LogP contribution is 2.31. The number of nitrogens with zero attached hydrogens (tertiary/aromatic N) is 2. The van der Waals surface area contributed by atoms with Gasteiger partial charge < -0.3 is 10.2 Å². The van der Waals surface area contributed by atoms with E-state index in [-0.39, 0.29) is 11.4 Å². The van der Waals surface area contributed by atoms with Crippen LogP contribution >= 0.6 is 11.8 Å². The molecule has 1 aromatic rings. The minimum absolute atomic E-state index is 0.173. The molecule has 0 spiro atoms. The lowest BCUT2D eigenvalue weighted by Crippen LogP contribution is -2.41. The van der Waals surface area contributed by atoms with Gasteiger partial charge in [0.1, 0.15) is 12.4 Å². The Morgan fingerprint density at radius 3 is 2.79 bits per heavy atom. The Labute approximate surface area is 143 Å². The SMILES string of the molecule is CN(C)CCNC(=O)CN1C(=O)S/C(=C/c2cccc(F)c2)C1=O. The van der Waals surface area contributed by atoms with E-state index in [0.717, 1.165) is 16.7 Å². The van der Waals surface area contributed by atoms with Crippen LogP contribution in [0.3, 0.4) is 0 Å². The summed E-state index contributed by atoms with van der Waals surface area (Å²) in [6, 6.07) is 5.71.